The molecule has 2 fully saturated rings. The molecule has 1 aromatic carbocycles. The summed E-state index contributed by atoms with van der Waals surface area (Å²) in [5, 5.41) is 0. The molecule has 7 heteroatoms. The zero-order chi connectivity index (χ0) is 18.7. The van der Waals surface area contributed by atoms with E-state index in [9.17, 15) is 18.0 Å². The van der Waals surface area contributed by atoms with Gasteiger partial charge in [-0.05, 0) is 30.4 Å². The number of rotatable bonds is 4. The van der Waals surface area contributed by atoms with Gasteiger partial charge in [-0.25, -0.2) is 0 Å². The molecule has 2 aliphatic rings. The molecule has 26 heavy (non-hydrogen) atoms. The fourth-order valence-electron chi connectivity index (χ4n) is 3.93. The van der Waals surface area contributed by atoms with Crippen LogP contribution in [0, 0.1) is 5.92 Å². The number of carbonyl (C=O) groups is 1. The third-order valence-electron chi connectivity index (χ3n) is 5.54. The summed E-state index contributed by atoms with van der Waals surface area (Å²) in [6.45, 7) is 3.08. The van der Waals surface area contributed by atoms with Crippen molar-refractivity contribution in [1.29, 1.82) is 0 Å². The van der Waals surface area contributed by atoms with Crippen molar-refractivity contribution in [2.45, 2.75) is 44.4 Å². The molecule has 2 N–H and O–H groups in total. The number of nitrogens with zero attached hydrogens (tertiary/aromatic N) is 2. The van der Waals surface area contributed by atoms with Gasteiger partial charge >= 0.3 is 6.18 Å². The Bertz CT molecular complexity index is 627. The Morgan fingerprint density at radius 3 is 2.50 bits per heavy atom. The average Bonchev–Trinajstić information content (AvgIpc) is 3.00. The molecule has 1 aliphatic carbocycles. The van der Waals surface area contributed by atoms with Crippen molar-refractivity contribution in [2.24, 2.45) is 11.7 Å². The molecule has 0 unspecified atom stereocenters. The molecule has 0 bridgehead atoms. The third-order valence-corrected chi connectivity index (χ3v) is 5.54. The summed E-state index contributed by atoms with van der Waals surface area (Å²) in [6, 6.07) is 5.60. The van der Waals surface area contributed by atoms with Gasteiger partial charge in [0.2, 0.25) is 5.91 Å². The summed E-state index contributed by atoms with van der Waals surface area (Å²) in [5.41, 5.74) is 6.08. The monoisotopic (exact) mass is 369 g/mol. The first-order valence-corrected chi connectivity index (χ1v) is 9.25. The Morgan fingerprint density at radius 2 is 1.88 bits per heavy atom. The number of hydrogen-bond donors (Lipinski definition) is 1. The smallest absolute Gasteiger partial charge is 0.340 e. The number of benzene rings is 1. The number of alkyl halides is 3. The van der Waals surface area contributed by atoms with Crippen LogP contribution in [0.5, 0.6) is 0 Å². The SMILES string of the molecule is N[C@@H]1CCC[C@H]1CC(=O)N1CCN(Cc2cccc(C(F)(F)F)c2)CC1. The molecular weight excluding hydrogens is 343 g/mol. The van der Waals surface area contributed by atoms with Gasteiger partial charge in [0.15, 0.2) is 0 Å². The highest BCUT2D eigenvalue weighted by Crippen LogP contribution is 2.30. The standard InChI is InChI=1S/C19H26F3N3O/c20-19(21,22)16-5-1-3-14(11-16)13-24-7-9-25(10-8-24)18(26)12-15-4-2-6-17(15)23/h1,3,5,11,15,17H,2,4,6-10,12-13,23H2/t15-,17+/m0/s1. The van der Waals surface area contributed by atoms with Crippen molar-refractivity contribution in [3.05, 3.63) is 35.4 Å². The fourth-order valence-corrected chi connectivity index (χ4v) is 3.93. The zero-order valence-corrected chi connectivity index (χ0v) is 14.8. The second kappa shape index (κ2) is 7.96. The van der Waals surface area contributed by atoms with Gasteiger partial charge in [-0.15, -0.1) is 0 Å². The number of halogens is 3. The Kier molecular flexibility index (Phi) is 5.87. The van der Waals surface area contributed by atoms with Gasteiger partial charge in [0, 0.05) is 45.2 Å². The summed E-state index contributed by atoms with van der Waals surface area (Å²) in [4.78, 5) is 16.4. The first-order valence-electron chi connectivity index (χ1n) is 9.25. The second-order valence-electron chi connectivity index (χ2n) is 7.41. The lowest BCUT2D eigenvalue weighted by Crippen LogP contribution is -2.49. The molecule has 1 aromatic rings. The molecule has 0 spiro atoms. The molecule has 3 rings (SSSR count). The van der Waals surface area contributed by atoms with Crippen molar-refractivity contribution in [3.63, 3.8) is 0 Å². The average molecular weight is 369 g/mol. The highest BCUT2D eigenvalue weighted by atomic mass is 19.4. The van der Waals surface area contributed by atoms with E-state index in [1.165, 1.54) is 12.1 Å². The van der Waals surface area contributed by atoms with E-state index in [-0.39, 0.29) is 11.9 Å². The maximum Gasteiger partial charge on any atom is 0.416 e. The highest BCUT2D eigenvalue weighted by Gasteiger charge is 2.31. The Labute approximate surface area is 152 Å². The predicted molar refractivity (Wildman–Crippen MR) is 93.2 cm³/mol. The van der Waals surface area contributed by atoms with Crippen LogP contribution in [0.4, 0.5) is 13.2 Å². The largest absolute Gasteiger partial charge is 0.416 e. The van der Waals surface area contributed by atoms with Crippen LogP contribution in [-0.4, -0.2) is 47.9 Å². The Hall–Kier alpha value is -1.60. The molecule has 1 saturated heterocycles. The van der Waals surface area contributed by atoms with Crippen molar-refractivity contribution >= 4 is 5.91 Å². The Morgan fingerprint density at radius 1 is 1.15 bits per heavy atom. The maximum atomic E-state index is 12.8. The van der Waals surface area contributed by atoms with Gasteiger partial charge in [0.1, 0.15) is 0 Å². The minimum Gasteiger partial charge on any atom is -0.340 e. The van der Waals surface area contributed by atoms with E-state index in [1.807, 2.05) is 4.90 Å². The molecule has 0 aromatic heterocycles. The van der Waals surface area contributed by atoms with Gasteiger partial charge in [-0.1, -0.05) is 24.6 Å². The van der Waals surface area contributed by atoms with Crippen LogP contribution < -0.4 is 5.73 Å². The number of amides is 1. The van der Waals surface area contributed by atoms with E-state index in [1.54, 1.807) is 6.07 Å². The molecule has 1 heterocycles. The summed E-state index contributed by atoms with van der Waals surface area (Å²) in [5.74, 6) is 0.455. The highest BCUT2D eigenvalue weighted by molar-refractivity contribution is 5.76. The minimum atomic E-state index is -4.32. The lowest BCUT2D eigenvalue weighted by atomic mass is 9.99. The number of hydrogen-bond acceptors (Lipinski definition) is 3. The lowest BCUT2D eigenvalue weighted by molar-refractivity contribution is -0.138. The van der Waals surface area contributed by atoms with Gasteiger partial charge in [0.05, 0.1) is 5.56 Å². The van der Waals surface area contributed by atoms with E-state index in [2.05, 4.69) is 4.90 Å². The van der Waals surface area contributed by atoms with Crippen LogP contribution in [-0.2, 0) is 17.5 Å². The van der Waals surface area contributed by atoms with E-state index in [0.29, 0.717) is 50.6 Å². The number of nitrogens with two attached hydrogens (primary N) is 1. The van der Waals surface area contributed by atoms with Crippen LogP contribution in [0.3, 0.4) is 0 Å². The summed E-state index contributed by atoms with van der Waals surface area (Å²) in [6.07, 6.45) is -0.661. The minimum absolute atomic E-state index is 0.140. The predicted octanol–water partition coefficient (Wildman–Crippen LogP) is 2.87. The van der Waals surface area contributed by atoms with E-state index < -0.39 is 11.7 Å². The van der Waals surface area contributed by atoms with Crippen molar-refractivity contribution in [1.82, 2.24) is 9.80 Å². The van der Waals surface area contributed by atoms with Crippen LogP contribution >= 0.6 is 0 Å². The van der Waals surface area contributed by atoms with Crippen molar-refractivity contribution < 1.29 is 18.0 Å². The molecule has 1 aliphatic heterocycles. The van der Waals surface area contributed by atoms with Gasteiger partial charge < -0.3 is 10.6 Å². The molecule has 2 atom stereocenters. The van der Waals surface area contributed by atoms with Crippen LogP contribution in [0.25, 0.3) is 0 Å². The Balaban J connectivity index is 1.49. The van der Waals surface area contributed by atoms with Crippen LogP contribution in [0.2, 0.25) is 0 Å². The van der Waals surface area contributed by atoms with Gasteiger partial charge in [-0.2, -0.15) is 13.2 Å². The topological polar surface area (TPSA) is 49.6 Å². The van der Waals surface area contributed by atoms with Crippen LogP contribution in [0.15, 0.2) is 24.3 Å². The first kappa shape index (κ1) is 19.2. The number of carbonyl (C=O) groups excluding carboxylic acids is 1. The lowest BCUT2D eigenvalue weighted by Gasteiger charge is -2.35. The molecule has 144 valence electrons. The molecule has 4 nitrogen and oxygen atoms in total. The summed E-state index contributed by atoms with van der Waals surface area (Å²) >= 11 is 0. The summed E-state index contributed by atoms with van der Waals surface area (Å²) in [7, 11) is 0. The molecule has 1 amide bonds. The second-order valence-corrected chi connectivity index (χ2v) is 7.41. The first-order chi connectivity index (χ1) is 12.3. The quantitative estimate of drug-likeness (QED) is 0.888. The zero-order valence-electron chi connectivity index (χ0n) is 14.8. The maximum absolute atomic E-state index is 12.8. The molecule has 0 radical (unpaired) electrons. The molecular formula is C19H26F3N3O. The van der Waals surface area contributed by atoms with Crippen molar-refractivity contribution in [3.8, 4) is 0 Å². The third kappa shape index (κ3) is 4.76. The van der Waals surface area contributed by atoms with Crippen molar-refractivity contribution in [2.75, 3.05) is 26.2 Å². The van der Waals surface area contributed by atoms with E-state index in [0.717, 1.165) is 25.3 Å². The fraction of sp³-hybridized carbons (Fsp3) is 0.632. The van der Waals surface area contributed by atoms with E-state index >= 15 is 0 Å². The normalized spacial score (nSPS) is 24.8. The van der Waals surface area contributed by atoms with Gasteiger partial charge in [-0.3, -0.25) is 9.69 Å². The molecule has 1 saturated carbocycles. The van der Waals surface area contributed by atoms with E-state index in [4.69, 9.17) is 5.73 Å². The van der Waals surface area contributed by atoms with Crippen LogP contribution in [0.1, 0.15) is 36.8 Å². The van der Waals surface area contributed by atoms with Gasteiger partial charge in [0.25, 0.3) is 0 Å². The number of piperazine rings is 1. The summed E-state index contributed by atoms with van der Waals surface area (Å²) < 4.78 is 38.4.